The van der Waals surface area contributed by atoms with Crippen molar-refractivity contribution in [3.63, 3.8) is 0 Å². The first-order valence-electron chi connectivity index (χ1n) is 9.50. The van der Waals surface area contributed by atoms with Crippen molar-refractivity contribution in [1.82, 2.24) is 4.90 Å². The minimum atomic E-state index is -3.67. The van der Waals surface area contributed by atoms with Gasteiger partial charge in [-0.05, 0) is 38.1 Å². The molecule has 1 amide bonds. The lowest BCUT2D eigenvalue weighted by Crippen LogP contribution is -2.56. The van der Waals surface area contributed by atoms with Crippen LogP contribution in [0.25, 0.3) is 0 Å². The smallest absolute Gasteiger partial charge is 0.261 e. The van der Waals surface area contributed by atoms with Gasteiger partial charge < -0.3 is 19.1 Å². The van der Waals surface area contributed by atoms with Crippen LogP contribution in [0.5, 0.6) is 17.2 Å². The Kier molecular flexibility index (Phi) is 6.40. The summed E-state index contributed by atoms with van der Waals surface area (Å²) >= 11 is 0. The van der Waals surface area contributed by atoms with Gasteiger partial charge in [-0.1, -0.05) is 0 Å². The Morgan fingerprint density at radius 1 is 1.13 bits per heavy atom. The summed E-state index contributed by atoms with van der Waals surface area (Å²) in [5.41, 5.74) is -0.00876. The Balaban J connectivity index is 1.85. The topological polar surface area (TPSA) is 82.1 Å². The number of benzene rings is 2. The molecule has 0 radical (unpaired) electrons. The number of carbonyl (C=O) groups excluding carboxylic acids is 1. The molecule has 1 saturated heterocycles. The third-order valence-corrected chi connectivity index (χ3v) is 5.71. The second-order valence-corrected chi connectivity index (χ2v) is 9.42. The summed E-state index contributed by atoms with van der Waals surface area (Å²) in [5.74, 6) is -2.07. The highest BCUT2D eigenvalue weighted by Gasteiger charge is 2.37. The molecule has 168 valence electrons. The van der Waals surface area contributed by atoms with Crippen molar-refractivity contribution in [3.8, 4) is 17.2 Å². The molecule has 31 heavy (non-hydrogen) atoms. The number of hydrogen-bond acceptors (Lipinski definition) is 6. The van der Waals surface area contributed by atoms with Crippen molar-refractivity contribution >= 4 is 15.7 Å². The Morgan fingerprint density at radius 3 is 2.32 bits per heavy atom. The molecule has 0 atom stereocenters. The molecule has 7 nitrogen and oxygen atoms in total. The van der Waals surface area contributed by atoms with Gasteiger partial charge in [0.05, 0.1) is 26.3 Å². The number of rotatable bonds is 7. The van der Waals surface area contributed by atoms with E-state index in [4.69, 9.17) is 14.2 Å². The van der Waals surface area contributed by atoms with E-state index >= 15 is 0 Å². The van der Waals surface area contributed by atoms with Gasteiger partial charge in [0.2, 0.25) is 0 Å². The normalized spacial score (nSPS) is 14.4. The van der Waals surface area contributed by atoms with E-state index in [-0.39, 0.29) is 46.9 Å². The molecule has 0 N–H and O–H groups in total. The number of likely N-dealkylation sites (tertiary alicyclic amines) is 1. The van der Waals surface area contributed by atoms with Crippen LogP contribution < -0.4 is 14.2 Å². The largest absolute Gasteiger partial charge is 0.494 e. The van der Waals surface area contributed by atoms with Gasteiger partial charge in [-0.25, -0.2) is 17.2 Å². The lowest BCUT2D eigenvalue weighted by atomic mass is 10.1. The fourth-order valence-electron chi connectivity index (χ4n) is 3.18. The molecule has 0 aromatic heterocycles. The fourth-order valence-corrected chi connectivity index (χ4v) is 4.02. The van der Waals surface area contributed by atoms with Crippen LogP contribution in [0.15, 0.2) is 35.2 Å². The average molecular weight is 455 g/mol. The maximum Gasteiger partial charge on any atom is 0.261 e. The predicted octanol–water partition coefficient (Wildman–Crippen LogP) is 3.07. The van der Waals surface area contributed by atoms with Crippen LogP contribution in [0, 0.1) is 11.6 Å². The van der Waals surface area contributed by atoms with E-state index in [2.05, 4.69) is 0 Å². The molecule has 0 bridgehead atoms. The van der Waals surface area contributed by atoms with Crippen LogP contribution in [0.3, 0.4) is 0 Å². The van der Waals surface area contributed by atoms with E-state index in [0.29, 0.717) is 6.07 Å². The summed E-state index contributed by atoms with van der Waals surface area (Å²) in [4.78, 5) is 14.5. The first-order valence-corrected chi connectivity index (χ1v) is 11.4. The van der Waals surface area contributed by atoms with Gasteiger partial charge in [-0.2, -0.15) is 0 Å². The van der Waals surface area contributed by atoms with Crippen molar-refractivity contribution in [2.75, 3.05) is 26.5 Å². The summed E-state index contributed by atoms with van der Waals surface area (Å²) in [7, 11) is -2.39. The lowest BCUT2D eigenvalue weighted by molar-refractivity contribution is 0.0157. The van der Waals surface area contributed by atoms with Crippen molar-refractivity contribution in [2.24, 2.45) is 0 Å². The van der Waals surface area contributed by atoms with E-state index in [1.165, 1.54) is 30.2 Å². The van der Waals surface area contributed by atoms with E-state index in [1.807, 2.05) is 0 Å². The third-order valence-electron chi connectivity index (χ3n) is 4.59. The zero-order valence-electron chi connectivity index (χ0n) is 17.5. The van der Waals surface area contributed by atoms with Gasteiger partial charge in [0, 0.05) is 12.3 Å². The molecular weight excluding hydrogens is 432 g/mol. The van der Waals surface area contributed by atoms with Gasteiger partial charge in [-0.3, -0.25) is 4.79 Å². The van der Waals surface area contributed by atoms with Crippen LogP contribution in [0.4, 0.5) is 8.78 Å². The first kappa shape index (κ1) is 22.8. The fraction of sp³-hybridized carbons (Fsp3) is 0.381. The molecule has 1 aliphatic rings. The zero-order chi connectivity index (χ0) is 22.9. The molecule has 0 saturated carbocycles. The van der Waals surface area contributed by atoms with Gasteiger partial charge >= 0.3 is 0 Å². The number of hydrogen-bond donors (Lipinski definition) is 0. The molecule has 2 aromatic carbocycles. The Morgan fingerprint density at radius 2 is 1.77 bits per heavy atom. The number of sulfone groups is 1. The minimum absolute atomic E-state index is 0.00876. The van der Waals surface area contributed by atoms with Crippen LogP contribution in [0.1, 0.15) is 24.2 Å². The monoisotopic (exact) mass is 455 g/mol. The standard InChI is InChI=1S/C21H23F2NO6S/c1-12(2)29-17-7-8-18(31(4,26)27)20(28-3)19(17)21(25)24-10-14(11-24)30-16-6-5-13(22)9-15(16)23/h5-9,12,14H,10-11H2,1-4H3. The predicted molar refractivity (Wildman–Crippen MR) is 109 cm³/mol. The maximum atomic E-state index is 13.8. The number of nitrogens with zero attached hydrogens (tertiary/aromatic N) is 1. The van der Waals surface area contributed by atoms with Gasteiger partial charge in [-0.15, -0.1) is 0 Å². The Labute approximate surface area is 179 Å². The minimum Gasteiger partial charge on any atom is -0.494 e. The van der Waals surface area contributed by atoms with Crippen molar-refractivity contribution in [3.05, 3.63) is 47.5 Å². The molecule has 0 spiro atoms. The van der Waals surface area contributed by atoms with E-state index in [0.717, 1.165) is 12.3 Å². The molecule has 1 heterocycles. The van der Waals surface area contributed by atoms with Gasteiger partial charge in [0.1, 0.15) is 28.1 Å². The molecule has 0 unspecified atom stereocenters. The summed E-state index contributed by atoms with van der Waals surface area (Å²) in [6.45, 7) is 3.80. The van der Waals surface area contributed by atoms with Crippen molar-refractivity contribution < 1.29 is 36.2 Å². The second-order valence-electron chi connectivity index (χ2n) is 7.43. The quantitative estimate of drug-likeness (QED) is 0.638. The van der Waals surface area contributed by atoms with E-state index in [9.17, 15) is 22.0 Å². The third kappa shape index (κ3) is 4.90. The molecule has 2 aromatic rings. The van der Waals surface area contributed by atoms with Gasteiger partial charge in [0.25, 0.3) is 5.91 Å². The first-order chi connectivity index (χ1) is 14.5. The SMILES string of the molecule is COc1c(S(C)(=O)=O)ccc(OC(C)C)c1C(=O)N1CC(Oc2ccc(F)cc2F)C1. The number of methoxy groups -OCH3 is 1. The summed E-state index contributed by atoms with van der Waals surface area (Å²) in [6, 6.07) is 5.74. The van der Waals surface area contributed by atoms with Crippen LogP contribution in [0.2, 0.25) is 0 Å². The molecule has 1 fully saturated rings. The van der Waals surface area contributed by atoms with Crippen LogP contribution in [-0.2, 0) is 9.84 Å². The summed E-state index contributed by atoms with van der Waals surface area (Å²) < 4.78 is 67.6. The summed E-state index contributed by atoms with van der Waals surface area (Å²) in [6.07, 6.45) is 0.254. The number of ether oxygens (including phenoxy) is 3. The highest BCUT2D eigenvalue weighted by Crippen LogP contribution is 2.37. The van der Waals surface area contributed by atoms with Crippen molar-refractivity contribution in [1.29, 1.82) is 0 Å². The lowest BCUT2D eigenvalue weighted by Gasteiger charge is -2.39. The van der Waals surface area contributed by atoms with Crippen LogP contribution >= 0.6 is 0 Å². The van der Waals surface area contributed by atoms with Crippen molar-refractivity contribution in [2.45, 2.75) is 31.0 Å². The molecule has 1 aliphatic heterocycles. The summed E-state index contributed by atoms with van der Waals surface area (Å²) in [5, 5.41) is 0. The van der Waals surface area contributed by atoms with Crippen LogP contribution in [-0.4, -0.2) is 57.9 Å². The highest BCUT2D eigenvalue weighted by atomic mass is 32.2. The van der Waals surface area contributed by atoms with Gasteiger partial charge in [0.15, 0.2) is 27.2 Å². The Hall–Kier alpha value is -2.88. The van der Waals surface area contributed by atoms with E-state index in [1.54, 1.807) is 13.8 Å². The number of halogens is 2. The molecular formula is C21H23F2NO6S. The Bertz CT molecular complexity index is 1100. The average Bonchev–Trinajstić information content (AvgIpc) is 2.63. The van der Waals surface area contributed by atoms with E-state index < -0.39 is 33.5 Å². The number of carbonyl (C=O) groups is 1. The maximum absolute atomic E-state index is 13.8. The molecule has 3 rings (SSSR count). The zero-order valence-corrected chi connectivity index (χ0v) is 18.3. The second kappa shape index (κ2) is 8.70. The highest BCUT2D eigenvalue weighted by molar-refractivity contribution is 7.90. The molecule has 0 aliphatic carbocycles. The number of amides is 1. The molecule has 10 heteroatoms.